The van der Waals surface area contributed by atoms with Gasteiger partial charge in [0.1, 0.15) is 0 Å². The lowest BCUT2D eigenvalue weighted by Gasteiger charge is -2.64. The van der Waals surface area contributed by atoms with Crippen molar-refractivity contribution in [3.05, 3.63) is 0 Å². The Balaban J connectivity index is 1.51. The van der Waals surface area contributed by atoms with Crippen LogP contribution < -0.4 is 0 Å². The van der Waals surface area contributed by atoms with Gasteiger partial charge in [-0.15, -0.1) is 0 Å². The lowest BCUT2D eigenvalue weighted by molar-refractivity contribution is -0.246. The molecule has 4 aliphatic carbocycles. The standard InChI is InChI=1S/C27H48O2/c1-18(2)8-6-9-19(3)21-11-12-22-20-13-17-27(29)24(28)10-7-15-26(27,5)23(20)14-16-25(21,22)4/h18-24,28-29H,6-17H2,1-5H3/t19-,20+,21+,22-,23+,24-,25+,26-,27-/m1/s1. The number of aliphatic hydroxyl groups excluding tert-OH is 1. The summed E-state index contributed by atoms with van der Waals surface area (Å²) in [6.45, 7) is 12.2. The fourth-order valence-electron chi connectivity index (χ4n) is 9.35. The van der Waals surface area contributed by atoms with Crippen molar-refractivity contribution in [2.75, 3.05) is 0 Å². The minimum atomic E-state index is -0.831. The summed E-state index contributed by atoms with van der Waals surface area (Å²) in [5.41, 5.74) is -0.393. The molecule has 0 saturated heterocycles. The third-order valence-corrected chi connectivity index (χ3v) is 11.0. The predicted octanol–water partition coefficient (Wildman–Crippen LogP) is 6.58. The van der Waals surface area contributed by atoms with Gasteiger partial charge in [0, 0.05) is 5.41 Å². The van der Waals surface area contributed by atoms with E-state index in [-0.39, 0.29) is 5.41 Å². The molecule has 168 valence electrons. The van der Waals surface area contributed by atoms with Crippen molar-refractivity contribution in [1.82, 2.24) is 0 Å². The minimum Gasteiger partial charge on any atom is -0.390 e. The van der Waals surface area contributed by atoms with Gasteiger partial charge in [-0.1, -0.05) is 60.3 Å². The Hall–Kier alpha value is -0.0800. The summed E-state index contributed by atoms with van der Waals surface area (Å²) in [7, 11) is 0. The number of hydrogen-bond acceptors (Lipinski definition) is 2. The summed E-state index contributed by atoms with van der Waals surface area (Å²) in [6.07, 6.45) is 14.1. The zero-order chi connectivity index (χ0) is 21.0. The van der Waals surface area contributed by atoms with Crippen molar-refractivity contribution in [2.45, 2.75) is 123 Å². The van der Waals surface area contributed by atoms with E-state index in [0.29, 0.717) is 11.3 Å². The Labute approximate surface area is 180 Å². The van der Waals surface area contributed by atoms with Crippen molar-refractivity contribution in [2.24, 2.45) is 46.3 Å². The molecule has 2 heteroatoms. The Morgan fingerprint density at radius 2 is 1.62 bits per heavy atom. The normalized spacial score (nSPS) is 50.7. The Morgan fingerprint density at radius 1 is 0.862 bits per heavy atom. The van der Waals surface area contributed by atoms with Crippen LogP contribution in [0.15, 0.2) is 0 Å². The highest BCUT2D eigenvalue weighted by Crippen LogP contribution is 2.69. The quantitative estimate of drug-likeness (QED) is 0.543. The van der Waals surface area contributed by atoms with Crippen molar-refractivity contribution >= 4 is 0 Å². The SMILES string of the molecule is CC(C)CCC[C@@H](C)[C@@H]1CC[C@@H]2[C@@H]3CC[C@@]4(O)[C@H](O)CCC[C@]4(C)[C@H]3CC[C@]21C. The second-order valence-corrected chi connectivity index (χ2v) is 12.7. The maximum Gasteiger partial charge on any atom is 0.0961 e. The molecule has 0 amide bonds. The predicted molar refractivity (Wildman–Crippen MR) is 121 cm³/mol. The van der Waals surface area contributed by atoms with Gasteiger partial charge in [-0.05, 0) is 92.3 Å². The highest BCUT2D eigenvalue weighted by molar-refractivity contribution is 5.15. The Bertz CT molecular complexity index is 587. The maximum atomic E-state index is 11.6. The summed E-state index contributed by atoms with van der Waals surface area (Å²) in [4.78, 5) is 0. The van der Waals surface area contributed by atoms with Crippen LogP contribution in [0.3, 0.4) is 0 Å². The van der Waals surface area contributed by atoms with Crippen LogP contribution in [0, 0.1) is 46.3 Å². The summed E-state index contributed by atoms with van der Waals surface area (Å²) in [6, 6.07) is 0. The van der Waals surface area contributed by atoms with Crippen molar-refractivity contribution in [3.8, 4) is 0 Å². The van der Waals surface area contributed by atoms with Gasteiger partial charge in [-0.3, -0.25) is 0 Å². The van der Waals surface area contributed by atoms with Crippen LogP contribution in [0.1, 0.15) is 112 Å². The second kappa shape index (κ2) is 7.80. The molecule has 0 aromatic carbocycles. The average Bonchev–Trinajstić information content (AvgIpc) is 3.01. The molecule has 4 fully saturated rings. The number of fused-ring (bicyclic) bond motifs is 5. The van der Waals surface area contributed by atoms with E-state index in [4.69, 9.17) is 0 Å². The van der Waals surface area contributed by atoms with Crippen molar-refractivity contribution < 1.29 is 10.2 Å². The van der Waals surface area contributed by atoms with Crippen molar-refractivity contribution in [3.63, 3.8) is 0 Å². The first-order valence-electron chi connectivity index (χ1n) is 13.0. The third-order valence-electron chi connectivity index (χ3n) is 11.0. The second-order valence-electron chi connectivity index (χ2n) is 12.7. The Kier molecular flexibility index (Phi) is 5.95. The largest absolute Gasteiger partial charge is 0.390 e. The van der Waals surface area contributed by atoms with E-state index in [1.807, 2.05) is 0 Å². The minimum absolute atomic E-state index is 0.0735. The van der Waals surface area contributed by atoms with Crippen LogP contribution in [-0.2, 0) is 0 Å². The zero-order valence-electron chi connectivity index (χ0n) is 19.9. The van der Waals surface area contributed by atoms with E-state index < -0.39 is 11.7 Å². The molecular weight excluding hydrogens is 356 g/mol. The van der Waals surface area contributed by atoms with Crippen LogP contribution in [0.25, 0.3) is 0 Å². The van der Waals surface area contributed by atoms with Gasteiger partial charge in [-0.25, -0.2) is 0 Å². The molecule has 2 nitrogen and oxygen atoms in total. The molecule has 0 heterocycles. The molecule has 29 heavy (non-hydrogen) atoms. The van der Waals surface area contributed by atoms with Gasteiger partial charge in [0.2, 0.25) is 0 Å². The lowest BCUT2D eigenvalue weighted by Crippen LogP contribution is -2.66. The van der Waals surface area contributed by atoms with E-state index in [9.17, 15) is 10.2 Å². The highest BCUT2D eigenvalue weighted by Gasteiger charge is 2.65. The molecule has 0 aromatic rings. The van der Waals surface area contributed by atoms with E-state index in [1.165, 1.54) is 44.9 Å². The molecule has 0 aromatic heterocycles. The molecule has 0 unspecified atom stereocenters. The third kappa shape index (κ3) is 3.34. The van der Waals surface area contributed by atoms with Gasteiger partial charge in [0.25, 0.3) is 0 Å². The fourth-order valence-corrected chi connectivity index (χ4v) is 9.35. The number of rotatable bonds is 5. The lowest BCUT2D eigenvalue weighted by atomic mass is 9.42. The maximum absolute atomic E-state index is 11.6. The average molecular weight is 405 g/mol. The highest BCUT2D eigenvalue weighted by atomic mass is 16.3. The van der Waals surface area contributed by atoms with Gasteiger partial charge in [0.05, 0.1) is 11.7 Å². The first-order chi connectivity index (χ1) is 13.6. The summed E-state index contributed by atoms with van der Waals surface area (Å²) in [5.74, 6) is 4.82. The molecule has 0 bridgehead atoms. The van der Waals surface area contributed by atoms with E-state index in [0.717, 1.165) is 61.7 Å². The molecule has 4 saturated carbocycles. The summed E-state index contributed by atoms with van der Waals surface area (Å²) >= 11 is 0. The topological polar surface area (TPSA) is 40.5 Å². The molecule has 4 rings (SSSR count). The van der Waals surface area contributed by atoms with Gasteiger partial charge >= 0.3 is 0 Å². The summed E-state index contributed by atoms with van der Waals surface area (Å²) in [5, 5.41) is 22.3. The molecule has 2 N–H and O–H groups in total. The van der Waals surface area contributed by atoms with Gasteiger partial charge in [0.15, 0.2) is 0 Å². The van der Waals surface area contributed by atoms with E-state index in [1.54, 1.807) is 0 Å². The number of aliphatic hydroxyl groups is 2. The zero-order valence-corrected chi connectivity index (χ0v) is 19.9. The Morgan fingerprint density at radius 3 is 2.34 bits per heavy atom. The monoisotopic (exact) mass is 404 g/mol. The molecule has 4 aliphatic rings. The van der Waals surface area contributed by atoms with E-state index >= 15 is 0 Å². The molecular formula is C27H48O2. The van der Waals surface area contributed by atoms with Crippen molar-refractivity contribution in [1.29, 1.82) is 0 Å². The number of hydrogen-bond donors (Lipinski definition) is 2. The first-order valence-corrected chi connectivity index (χ1v) is 13.0. The van der Waals surface area contributed by atoms with E-state index in [2.05, 4.69) is 34.6 Å². The molecule has 9 atom stereocenters. The van der Waals surface area contributed by atoms with Crippen LogP contribution in [-0.4, -0.2) is 21.9 Å². The van der Waals surface area contributed by atoms with Crippen LogP contribution in [0.5, 0.6) is 0 Å². The fraction of sp³-hybridized carbons (Fsp3) is 1.00. The molecule has 0 aliphatic heterocycles. The molecule has 0 radical (unpaired) electrons. The smallest absolute Gasteiger partial charge is 0.0961 e. The first kappa shape index (κ1) is 22.1. The van der Waals surface area contributed by atoms with Crippen LogP contribution in [0.2, 0.25) is 0 Å². The molecule has 0 spiro atoms. The van der Waals surface area contributed by atoms with Gasteiger partial charge < -0.3 is 10.2 Å². The van der Waals surface area contributed by atoms with Crippen LogP contribution in [0.4, 0.5) is 0 Å². The summed E-state index contributed by atoms with van der Waals surface area (Å²) < 4.78 is 0. The van der Waals surface area contributed by atoms with Gasteiger partial charge in [-0.2, -0.15) is 0 Å². The van der Waals surface area contributed by atoms with Crippen LogP contribution >= 0.6 is 0 Å².